The molecule has 0 saturated heterocycles. The smallest absolute Gasteiger partial charge is 0.356 e. The van der Waals surface area contributed by atoms with E-state index in [2.05, 4.69) is 0 Å². The lowest BCUT2D eigenvalue weighted by Crippen LogP contribution is -2.46. The molecule has 0 radical (unpaired) electrons. The summed E-state index contributed by atoms with van der Waals surface area (Å²) in [5, 5.41) is 5.91. The number of hydrogen-bond acceptors (Lipinski definition) is 3. The van der Waals surface area contributed by atoms with Gasteiger partial charge in [-0.15, -0.1) is 0 Å². The van der Waals surface area contributed by atoms with Crippen LogP contribution >= 0.6 is 7.60 Å². The molecule has 1 unspecified atom stereocenters. The quantitative estimate of drug-likeness (QED) is 0.430. The van der Waals surface area contributed by atoms with Gasteiger partial charge >= 0.3 is 13.6 Å². The Kier molecular flexibility index (Phi) is 2.79. The molecule has 0 aliphatic heterocycles. The number of hydrogen-bond donors (Lipinski definition) is 4. The van der Waals surface area contributed by atoms with Crippen molar-refractivity contribution < 1.29 is 24.3 Å². The maximum atomic E-state index is 10.5. The summed E-state index contributed by atoms with van der Waals surface area (Å²) in [4.78, 5) is 27.3. The number of nitrogens with two attached hydrogens (primary N) is 1. The molecule has 0 rings (SSSR count). The highest BCUT2D eigenvalue weighted by Crippen LogP contribution is 2.48. The molecule has 0 amide bonds. The predicted molar refractivity (Wildman–Crippen MR) is 36.9 cm³/mol. The Balaban J connectivity index is 4.92. The van der Waals surface area contributed by atoms with Gasteiger partial charge < -0.3 is 20.6 Å². The summed E-state index contributed by atoms with van der Waals surface area (Å²) in [6.45, 7) is 1.30. The third kappa shape index (κ3) is 1.78. The van der Waals surface area contributed by atoms with Gasteiger partial charge in [-0.3, -0.25) is 4.57 Å². The number of carboxylic acids is 1. The standard InChI is InChI=1S/C4H10NO5P/c1-2-4(5,3(6)7)11(8,9)10/h2,5H2,1H3,(H,6,7)(H2,8,9,10). The Hall–Kier alpha value is -0.420. The summed E-state index contributed by atoms with van der Waals surface area (Å²) < 4.78 is 10.5. The van der Waals surface area contributed by atoms with Crippen LogP contribution in [0.2, 0.25) is 0 Å². The summed E-state index contributed by atoms with van der Waals surface area (Å²) >= 11 is 0. The third-order valence-corrected chi connectivity index (χ3v) is 2.98. The summed E-state index contributed by atoms with van der Waals surface area (Å²) in [7, 11) is -4.77. The molecular formula is C4H10NO5P. The first kappa shape index (κ1) is 10.6. The van der Waals surface area contributed by atoms with E-state index in [-0.39, 0.29) is 6.42 Å². The van der Waals surface area contributed by atoms with Crippen LogP contribution in [0.4, 0.5) is 0 Å². The van der Waals surface area contributed by atoms with Gasteiger partial charge in [0.25, 0.3) is 0 Å². The van der Waals surface area contributed by atoms with Crippen LogP contribution in [0.3, 0.4) is 0 Å². The molecule has 0 aliphatic carbocycles. The zero-order chi connectivity index (χ0) is 9.28. The van der Waals surface area contributed by atoms with Crippen LogP contribution in [0.15, 0.2) is 0 Å². The lowest BCUT2D eigenvalue weighted by Gasteiger charge is -2.23. The number of carboxylic acid groups (broad SMARTS) is 1. The average molecular weight is 183 g/mol. The fraction of sp³-hybridized carbons (Fsp3) is 0.750. The van der Waals surface area contributed by atoms with Crippen molar-refractivity contribution in [3.05, 3.63) is 0 Å². The van der Waals surface area contributed by atoms with Crippen molar-refractivity contribution in [2.75, 3.05) is 0 Å². The van der Waals surface area contributed by atoms with Crippen LogP contribution < -0.4 is 5.73 Å². The van der Waals surface area contributed by atoms with E-state index in [1.807, 2.05) is 0 Å². The predicted octanol–water partition coefficient (Wildman–Crippen LogP) is -0.686. The van der Waals surface area contributed by atoms with Crippen LogP contribution in [0.1, 0.15) is 13.3 Å². The zero-order valence-electron chi connectivity index (χ0n) is 5.89. The minimum atomic E-state index is -4.77. The van der Waals surface area contributed by atoms with Crippen molar-refractivity contribution in [3.63, 3.8) is 0 Å². The molecule has 0 fully saturated rings. The molecule has 0 bridgehead atoms. The molecule has 0 aromatic rings. The van der Waals surface area contributed by atoms with Gasteiger partial charge in [-0.1, -0.05) is 6.92 Å². The van der Waals surface area contributed by atoms with Crippen molar-refractivity contribution in [2.24, 2.45) is 5.73 Å². The van der Waals surface area contributed by atoms with Gasteiger partial charge in [0, 0.05) is 0 Å². The molecule has 0 spiro atoms. The largest absolute Gasteiger partial charge is 0.479 e. The molecule has 66 valence electrons. The highest BCUT2D eigenvalue weighted by Gasteiger charge is 2.48. The van der Waals surface area contributed by atoms with E-state index in [1.165, 1.54) is 6.92 Å². The number of aliphatic carboxylic acids is 1. The fourth-order valence-corrected chi connectivity index (χ4v) is 1.14. The molecule has 0 aliphatic rings. The van der Waals surface area contributed by atoms with Gasteiger partial charge in [-0.05, 0) is 6.42 Å². The van der Waals surface area contributed by atoms with E-state index in [0.29, 0.717) is 0 Å². The van der Waals surface area contributed by atoms with Crippen molar-refractivity contribution >= 4 is 13.6 Å². The maximum Gasteiger partial charge on any atom is 0.356 e. The van der Waals surface area contributed by atoms with Gasteiger partial charge in [0.05, 0.1) is 0 Å². The minimum absolute atomic E-state index is 0.313. The topological polar surface area (TPSA) is 121 Å². The summed E-state index contributed by atoms with van der Waals surface area (Å²) in [5.74, 6) is -1.69. The molecule has 1 atom stereocenters. The zero-order valence-corrected chi connectivity index (χ0v) is 6.78. The third-order valence-electron chi connectivity index (χ3n) is 1.43. The van der Waals surface area contributed by atoms with E-state index < -0.39 is 18.8 Å². The molecule has 7 heteroatoms. The van der Waals surface area contributed by atoms with Crippen molar-refractivity contribution in [3.8, 4) is 0 Å². The molecule has 0 saturated carbocycles. The Morgan fingerprint density at radius 1 is 1.64 bits per heavy atom. The van der Waals surface area contributed by atoms with Crippen molar-refractivity contribution in [1.82, 2.24) is 0 Å². The van der Waals surface area contributed by atoms with Crippen LogP contribution in [-0.2, 0) is 9.36 Å². The lowest BCUT2D eigenvalue weighted by molar-refractivity contribution is -0.140. The molecule has 0 aromatic heterocycles. The second-order valence-electron chi connectivity index (χ2n) is 2.13. The van der Waals surface area contributed by atoms with Gasteiger partial charge in [0.2, 0.25) is 5.28 Å². The number of carbonyl (C=O) groups is 1. The Labute approximate surface area is 63.2 Å². The second-order valence-corrected chi connectivity index (χ2v) is 4.01. The molecule has 6 nitrogen and oxygen atoms in total. The Bertz CT molecular complexity index is 211. The second kappa shape index (κ2) is 2.91. The lowest BCUT2D eigenvalue weighted by atomic mass is 10.2. The van der Waals surface area contributed by atoms with Gasteiger partial charge in [-0.25, -0.2) is 4.79 Å². The summed E-state index contributed by atoms with van der Waals surface area (Å²) in [5.41, 5.74) is 4.95. The van der Waals surface area contributed by atoms with E-state index in [1.54, 1.807) is 0 Å². The fourth-order valence-electron chi connectivity index (χ4n) is 0.482. The molecule has 5 N–H and O–H groups in total. The van der Waals surface area contributed by atoms with Crippen molar-refractivity contribution in [1.29, 1.82) is 0 Å². The average Bonchev–Trinajstić information content (AvgIpc) is 1.83. The normalized spacial score (nSPS) is 17.5. The van der Waals surface area contributed by atoms with E-state index in [9.17, 15) is 9.36 Å². The van der Waals surface area contributed by atoms with E-state index in [0.717, 1.165) is 0 Å². The van der Waals surface area contributed by atoms with Crippen LogP contribution in [0, 0.1) is 0 Å². The first-order valence-electron chi connectivity index (χ1n) is 2.83. The first-order valence-corrected chi connectivity index (χ1v) is 4.45. The van der Waals surface area contributed by atoms with Gasteiger partial charge in [0.15, 0.2) is 0 Å². The molecule has 0 heterocycles. The van der Waals surface area contributed by atoms with Crippen molar-refractivity contribution in [2.45, 2.75) is 18.6 Å². The number of rotatable bonds is 3. The molecule has 0 aromatic carbocycles. The summed E-state index contributed by atoms with van der Waals surface area (Å²) in [6, 6.07) is 0. The van der Waals surface area contributed by atoms with Crippen LogP contribution in [-0.4, -0.2) is 26.1 Å². The maximum absolute atomic E-state index is 10.5. The van der Waals surface area contributed by atoms with Gasteiger partial charge in [0.1, 0.15) is 0 Å². The molecular weight excluding hydrogens is 173 g/mol. The SMILES string of the molecule is CCC(N)(C(=O)O)P(=O)(O)O. The highest BCUT2D eigenvalue weighted by atomic mass is 31.2. The summed E-state index contributed by atoms with van der Waals surface area (Å²) in [6.07, 6.45) is -0.313. The molecule has 11 heavy (non-hydrogen) atoms. The monoisotopic (exact) mass is 183 g/mol. The highest BCUT2D eigenvalue weighted by molar-refractivity contribution is 7.54. The first-order chi connectivity index (χ1) is 4.75. The Morgan fingerprint density at radius 3 is 2.00 bits per heavy atom. The van der Waals surface area contributed by atoms with Crippen LogP contribution in [0.5, 0.6) is 0 Å². The van der Waals surface area contributed by atoms with Gasteiger partial charge in [-0.2, -0.15) is 0 Å². The van der Waals surface area contributed by atoms with Crippen LogP contribution in [0.25, 0.3) is 0 Å². The van der Waals surface area contributed by atoms with E-state index >= 15 is 0 Å². The minimum Gasteiger partial charge on any atom is -0.479 e. The Morgan fingerprint density at radius 2 is 2.00 bits per heavy atom. The van der Waals surface area contributed by atoms with E-state index in [4.69, 9.17) is 20.6 Å².